The second-order valence-corrected chi connectivity index (χ2v) is 4.50. The van der Waals surface area contributed by atoms with Gasteiger partial charge in [0.05, 0.1) is 11.6 Å². The van der Waals surface area contributed by atoms with E-state index in [4.69, 9.17) is 10.5 Å². The summed E-state index contributed by atoms with van der Waals surface area (Å²) in [5.41, 5.74) is 6.09. The van der Waals surface area contributed by atoms with Crippen molar-refractivity contribution in [1.82, 2.24) is 4.90 Å². The molecule has 1 fully saturated rings. The van der Waals surface area contributed by atoms with Crippen LogP contribution in [0.2, 0.25) is 0 Å². The molecule has 0 amide bonds. The lowest BCUT2D eigenvalue weighted by Gasteiger charge is -2.42. The fourth-order valence-corrected chi connectivity index (χ4v) is 2.63. The number of ether oxygens (including phenoxy) is 1. The zero-order chi connectivity index (χ0) is 11.3. The van der Waals surface area contributed by atoms with Crippen LogP contribution in [0.25, 0.3) is 0 Å². The van der Waals surface area contributed by atoms with Crippen LogP contribution in [0.4, 0.5) is 0 Å². The van der Waals surface area contributed by atoms with Gasteiger partial charge in [-0.2, -0.15) is 0 Å². The van der Waals surface area contributed by atoms with Gasteiger partial charge in [0.1, 0.15) is 0 Å². The van der Waals surface area contributed by atoms with Gasteiger partial charge in [0.15, 0.2) is 0 Å². The fraction of sp³-hybridized carbons (Fsp3) is 1.00. The van der Waals surface area contributed by atoms with E-state index in [0.29, 0.717) is 6.54 Å². The third-order valence-electron chi connectivity index (χ3n) is 3.81. The van der Waals surface area contributed by atoms with E-state index in [1.54, 1.807) is 0 Å². The second kappa shape index (κ2) is 5.83. The van der Waals surface area contributed by atoms with Crippen LogP contribution in [-0.4, -0.2) is 42.8 Å². The molecule has 1 aliphatic rings. The number of likely N-dealkylation sites (N-methyl/N-ethyl adjacent to an activating group) is 1. The summed E-state index contributed by atoms with van der Waals surface area (Å²) in [5, 5.41) is 0. The lowest BCUT2D eigenvalue weighted by Crippen LogP contribution is -2.58. The highest BCUT2D eigenvalue weighted by Gasteiger charge is 2.44. The Hall–Kier alpha value is -0.120. The largest absolute Gasteiger partial charge is 0.376 e. The van der Waals surface area contributed by atoms with Gasteiger partial charge >= 0.3 is 0 Å². The maximum Gasteiger partial charge on any atom is 0.0743 e. The van der Waals surface area contributed by atoms with Crippen LogP contribution in [0, 0.1) is 0 Å². The maximum absolute atomic E-state index is 5.99. The van der Waals surface area contributed by atoms with E-state index in [1.807, 2.05) is 0 Å². The van der Waals surface area contributed by atoms with Crippen molar-refractivity contribution in [1.29, 1.82) is 0 Å². The Bertz CT molecular complexity index is 186. The minimum absolute atomic E-state index is 0.101. The van der Waals surface area contributed by atoms with Gasteiger partial charge in [-0.15, -0.1) is 0 Å². The quantitative estimate of drug-likeness (QED) is 0.730. The molecule has 0 bridgehead atoms. The van der Waals surface area contributed by atoms with Crippen molar-refractivity contribution in [2.75, 3.05) is 26.2 Å². The lowest BCUT2D eigenvalue weighted by molar-refractivity contribution is 0.0163. The highest BCUT2D eigenvalue weighted by Crippen LogP contribution is 2.31. The van der Waals surface area contributed by atoms with Crippen LogP contribution >= 0.6 is 0 Å². The van der Waals surface area contributed by atoms with Crippen molar-refractivity contribution in [3.05, 3.63) is 0 Å². The number of nitrogens with zero attached hydrogens (tertiary/aromatic N) is 1. The van der Waals surface area contributed by atoms with E-state index in [9.17, 15) is 0 Å². The van der Waals surface area contributed by atoms with Crippen LogP contribution < -0.4 is 5.73 Å². The van der Waals surface area contributed by atoms with Crippen LogP contribution in [-0.2, 0) is 4.74 Å². The molecule has 0 aromatic heterocycles. The molecule has 0 aromatic rings. The minimum atomic E-state index is 0.101. The molecule has 0 saturated carbocycles. The first kappa shape index (κ1) is 12.9. The average molecular weight is 214 g/mol. The summed E-state index contributed by atoms with van der Waals surface area (Å²) in [5.74, 6) is 0. The van der Waals surface area contributed by atoms with Crippen molar-refractivity contribution in [2.24, 2.45) is 5.73 Å². The molecular weight excluding hydrogens is 188 g/mol. The molecule has 1 heterocycles. The van der Waals surface area contributed by atoms with E-state index in [1.165, 1.54) is 12.8 Å². The van der Waals surface area contributed by atoms with Gasteiger partial charge in [-0.25, -0.2) is 0 Å². The van der Waals surface area contributed by atoms with Crippen molar-refractivity contribution in [2.45, 2.75) is 51.7 Å². The van der Waals surface area contributed by atoms with Crippen LogP contribution in [0.5, 0.6) is 0 Å². The first-order valence-electron chi connectivity index (χ1n) is 6.28. The Morgan fingerprint density at radius 3 is 2.60 bits per heavy atom. The molecule has 3 heteroatoms. The summed E-state index contributed by atoms with van der Waals surface area (Å²) in [6.07, 6.45) is 3.86. The van der Waals surface area contributed by atoms with Crippen LogP contribution in [0.3, 0.4) is 0 Å². The number of unbranched alkanes of at least 4 members (excludes halogenated alkanes) is 1. The maximum atomic E-state index is 5.99. The Labute approximate surface area is 94.0 Å². The Kier molecular flexibility index (Phi) is 5.03. The molecular formula is C12H26N2O. The van der Waals surface area contributed by atoms with Gasteiger partial charge in [-0.1, -0.05) is 20.3 Å². The van der Waals surface area contributed by atoms with Crippen LogP contribution in [0.15, 0.2) is 0 Å². The van der Waals surface area contributed by atoms with Crippen molar-refractivity contribution >= 4 is 0 Å². The zero-order valence-electron chi connectivity index (χ0n) is 10.5. The van der Waals surface area contributed by atoms with Gasteiger partial charge in [0.25, 0.3) is 0 Å². The molecule has 1 aliphatic heterocycles. The highest BCUT2D eigenvalue weighted by atomic mass is 16.5. The second-order valence-electron chi connectivity index (χ2n) is 4.50. The third kappa shape index (κ3) is 2.52. The van der Waals surface area contributed by atoms with Gasteiger partial charge in [-0.3, -0.25) is 4.90 Å². The summed E-state index contributed by atoms with van der Waals surface area (Å²) in [6, 6.07) is 0. The number of hydrogen-bond donors (Lipinski definition) is 1. The summed E-state index contributed by atoms with van der Waals surface area (Å²) >= 11 is 0. The van der Waals surface area contributed by atoms with E-state index in [2.05, 4.69) is 25.7 Å². The van der Waals surface area contributed by atoms with Crippen molar-refractivity contribution in [3.63, 3.8) is 0 Å². The van der Waals surface area contributed by atoms with Crippen LogP contribution in [0.1, 0.15) is 40.0 Å². The summed E-state index contributed by atoms with van der Waals surface area (Å²) in [6.45, 7) is 10.4. The van der Waals surface area contributed by atoms with E-state index < -0.39 is 0 Å². The molecule has 1 saturated heterocycles. The topological polar surface area (TPSA) is 38.5 Å². The molecule has 3 nitrogen and oxygen atoms in total. The van der Waals surface area contributed by atoms with E-state index >= 15 is 0 Å². The molecule has 0 radical (unpaired) electrons. The van der Waals surface area contributed by atoms with Crippen molar-refractivity contribution < 1.29 is 4.74 Å². The predicted molar refractivity (Wildman–Crippen MR) is 64.0 cm³/mol. The van der Waals surface area contributed by atoms with Crippen molar-refractivity contribution in [3.8, 4) is 0 Å². The lowest BCUT2D eigenvalue weighted by atomic mass is 9.89. The highest BCUT2D eigenvalue weighted by molar-refractivity contribution is 5.00. The molecule has 2 unspecified atom stereocenters. The third-order valence-corrected chi connectivity index (χ3v) is 3.81. The average Bonchev–Trinajstić information content (AvgIpc) is 2.62. The van der Waals surface area contributed by atoms with Gasteiger partial charge in [0.2, 0.25) is 0 Å². The number of rotatable bonds is 6. The first-order valence-corrected chi connectivity index (χ1v) is 6.28. The fourth-order valence-electron chi connectivity index (χ4n) is 2.63. The summed E-state index contributed by atoms with van der Waals surface area (Å²) in [7, 11) is 0. The first-order chi connectivity index (χ1) is 7.21. The molecule has 2 atom stereocenters. The monoisotopic (exact) mass is 214 g/mol. The van der Waals surface area contributed by atoms with Gasteiger partial charge < -0.3 is 10.5 Å². The smallest absolute Gasteiger partial charge is 0.0743 e. The molecule has 0 aliphatic carbocycles. The Morgan fingerprint density at radius 2 is 2.20 bits per heavy atom. The Morgan fingerprint density at radius 1 is 1.47 bits per heavy atom. The number of nitrogens with two attached hydrogens (primary N) is 1. The van der Waals surface area contributed by atoms with E-state index in [-0.39, 0.29) is 11.6 Å². The molecule has 90 valence electrons. The SMILES string of the molecule is CCCCN(CC)C1(CN)CCOC1C. The molecule has 2 N–H and O–H groups in total. The molecule has 15 heavy (non-hydrogen) atoms. The normalized spacial score (nSPS) is 31.4. The van der Waals surface area contributed by atoms with Gasteiger partial charge in [-0.05, 0) is 32.9 Å². The predicted octanol–water partition coefficient (Wildman–Crippen LogP) is 1.61. The molecule has 1 rings (SSSR count). The summed E-state index contributed by atoms with van der Waals surface area (Å²) in [4.78, 5) is 2.52. The standard InChI is InChI=1S/C12H26N2O/c1-4-6-8-14(5-2)12(10-13)7-9-15-11(12)3/h11H,4-10,13H2,1-3H3. The Balaban J connectivity index is 2.68. The minimum Gasteiger partial charge on any atom is -0.376 e. The van der Waals surface area contributed by atoms with E-state index in [0.717, 1.165) is 26.1 Å². The molecule has 0 spiro atoms. The van der Waals surface area contributed by atoms with Gasteiger partial charge in [0, 0.05) is 13.2 Å². The number of hydrogen-bond acceptors (Lipinski definition) is 3. The zero-order valence-corrected chi connectivity index (χ0v) is 10.5. The molecule has 0 aromatic carbocycles. The summed E-state index contributed by atoms with van der Waals surface area (Å²) < 4.78 is 5.70.